The molecule has 1 aliphatic rings. The van der Waals surface area contributed by atoms with Crippen LogP contribution in [0.2, 0.25) is 0 Å². The molecule has 0 aromatic heterocycles. The number of nitrogens with one attached hydrogen (secondary N) is 2. The van der Waals surface area contributed by atoms with Crippen molar-refractivity contribution in [2.45, 2.75) is 6.42 Å². The average molecular weight is 362 g/mol. The number of hydrogen-bond donors (Lipinski definition) is 4. The molecule has 4 N–H and O–H groups in total. The summed E-state index contributed by atoms with van der Waals surface area (Å²) in [5, 5.41) is 22.5. The van der Waals surface area contributed by atoms with Crippen LogP contribution in [0.4, 0.5) is 14.4 Å². The van der Waals surface area contributed by atoms with Gasteiger partial charge in [0.2, 0.25) is 0 Å². The van der Waals surface area contributed by atoms with Gasteiger partial charge in [-0.2, -0.15) is 0 Å². The maximum atomic E-state index is 12.0. The summed E-state index contributed by atoms with van der Waals surface area (Å²) < 4.78 is 9.55. The lowest BCUT2D eigenvalue weighted by atomic mass is 10.3. The summed E-state index contributed by atoms with van der Waals surface area (Å²) in [6, 6.07) is -0.169. The first-order valence-electron chi connectivity index (χ1n) is 8.15. The Morgan fingerprint density at radius 3 is 2.56 bits per heavy atom. The Hall–Kier alpha value is -2.27. The zero-order valence-corrected chi connectivity index (χ0v) is 14.1. The second-order valence-corrected chi connectivity index (χ2v) is 5.18. The Balaban J connectivity index is 2.35. The SMILES string of the molecule is O=C(NCCCN(CCN1CCNC1=O)C(=O)OCCO)OCCO. The van der Waals surface area contributed by atoms with E-state index in [0.29, 0.717) is 32.6 Å². The monoisotopic (exact) mass is 362 g/mol. The van der Waals surface area contributed by atoms with Gasteiger partial charge in [0.25, 0.3) is 0 Å². The van der Waals surface area contributed by atoms with Crippen LogP contribution in [0.15, 0.2) is 0 Å². The predicted octanol–water partition coefficient (Wildman–Crippen LogP) is -1.45. The van der Waals surface area contributed by atoms with E-state index in [-0.39, 0.29) is 45.5 Å². The minimum Gasteiger partial charge on any atom is -0.447 e. The number of urea groups is 1. The van der Waals surface area contributed by atoms with Gasteiger partial charge in [0, 0.05) is 39.3 Å². The van der Waals surface area contributed by atoms with Gasteiger partial charge >= 0.3 is 18.2 Å². The number of ether oxygens (including phenoxy) is 2. The van der Waals surface area contributed by atoms with Gasteiger partial charge in [-0.15, -0.1) is 0 Å². The Kier molecular flexibility index (Phi) is 10.1. The van der Waals surface area contributed by atoms with Crippen LogP contribution in [-0.4, -0.2) is 104 Å². The van der Waals surface area contributed by atoms with Crippen molar-refractivity contribution in [2.24, 2.45) is 0 Å². The van der Waals surface area contributed by atoms with E-state index in [1.54, 1.807) is 4.90 Å². The minimum absolute atomic E-state index is 0.0800. The summed E-state index contributed by atoms with van der Waals surface area (Å²) >= 11 is 0. The molecule has 1 saturated heterocycles. The third-order valence-corrected chi connectivity index (χ3v) is 3.36. The van der Waals surface area contributed by atoms with Crippen molar-refractivity contribution in [3.05, 3.63) is 0 Å². The summed E-state index contributed by atoms with van der Waals surface area (Å²) in [7, 11) is 0. The molecular weight excluding hydrogens is 336 g/mol. The molecule has 0 spiro atoms. The molecule has 1 rings (SSSR count). The summed E-state index contributed by atoms with van der Waals surface area (Å²) in [4.78, 5) is 37.8. The Morgan fingerprint density at radius 2 is 1.92 bits per heavy atom. The fourth-order valence-corrected chi connectivity index (χ4v) is 2.13. The van der Waals surface area contributed by atoms with Crippen molar-refractivity contribution in [3.8, 4) is 0 Å². The highest BCUT2D eigenvalue weighted by Gasteiger charge is 2.22. The Labute approximate surface area is 145 Å². The van der Waals surface area contributed by atoms with E-state index in [1.807, 2.05) is 0 Å². The molecule has 11 heteroatoms. The third kappa shape index (κ3) is 8.40. The van der Waals surface area contributed by atoms with Gasteiger partial charge in [-0.3, -0.25) is 0 Å². The first kappa shape index (κ1) is 20.8. The van der Waals surface area contributed by atoms with Gasteiger partial charge in [0.15, 0.2) is 0 Å². The summed E-state index contributed by atoms with van der Waals surface area (Å²) in [5.41, 5.74) is 0. The third-order valence-electron chi connectivity index (χ3n) is 3.36. The van der Waals surface area contributed by atoms with Crippen LogP contribution in [0.3, 0.4) is 0 Å². The lowest BCUT2D eigenvalue weighted by molar-refractivity contribution is 0.0815. The van der Waals surface area contributed by atoms with E-state index in [9.17, 15) is 14.4 Å². The van der Waals surface area contributed by atoms with Crippen LogP contribution in [0.1, 0.15) is 6.42 Å². The number of aliphatic hydroxyl groups is 2. The van der Waals surface area contributed by atoms with E-state index < -0.39 is 12.2 Å². The van der Waals surface area contributed by atoms with Crippen molar-refractivity contribution in [2.75, 3.05) is 65.7 Å². The van der Waals surface area contributed by atoms with Crippen LogP contribution in [0.25, 0.3) is 0 Å². The van der Waals surface area contributed by atoms with Gasteiger partial charge in [-0.1, -0.05) is 0 Å². The van der Waals surface area contributed by atoms with E-state index in [2.05, 4.69) is 15.4 Å². The molecular formula is C14H26N4O7. The standard InChI is InChI=1S/C14H26N4O7/c19-8-10-24-13(22)16-2-1-4-18(14(23)25-11-9-20)7-6-17-5-3-15-12(17)21/h19-20H,1-11H2,(H,15,21)(H,16,22). The normalized spacial score (nSPS) is 13.4. The highest BCUT2D eigenvalue weighted by atomic mass is 16.6. The average Bonchev–Trinajstić information content (AvgIpc) is 3.02. The number of carbonyl (C=O) groups excluding carboxylic acids is 3. The molecule has 11 nitrogen and oxygen atoms in total. The maximum absolute atomic E-state index is 12.0. The summed E-state index contributed by atoms with van der Waals surface area (Å²) in [6.07, 6.45) is -0.775. The molecule has 1 heterocycles. The van der Waals surface area contributed by atoms with Crippen molar-refractivity contribution >= 4 is 18.2 Å². The molecule has 0 radical (unpaired) electrons. The van der Waals surface area contributed by atoms with Crippen molar-refractivity contribution in [1.82, 2.24) is 20.4 Å². The van der Waals surface area contributed by atoms with E-state index in [0.717, 1.165) is 0 Å². The van der Waals surface area contributed by atoms with Gasteiger partial charge < -0.3 is 40.1 Å². The maximum Gasteiger partial charge on any atom is 0.409 e. The van der Waals surface area contributed by atoms with Crippen LogP contribution in [0, 0.1) is 0 Å². The molecule has 0 atom stereocenters. The summed E-state index contributed by atoms with van der Waals surface area (Å²) in [5.74, 6) is 0. The first-order chi connectivity index (χ1) is 12.1. The highest BCUT2D eigenvalue weighted by Crippen LogP contribution is 2.01. The van der Waals surface area contributed by atoms with Crippen molar-refractivity contribution < 1.29 is 34.1 Å². The van der Waals surface area contributed by atoms with E-state index >= 15 is 0 Å². The smallest absolute Gasteiger partial charge is 0.409 e. The van der Waals surface area contributed by atoms with Crippen molar-refractivity contribution in [1.29, 1.82) is 0 Å². The molecule has 0 aliphatic carbocycles. The largest absolute Gasteiger partial charge is 0.447 e. The molecule has 4 amide bonds. The number of carbonyl (C=O) groups is 3. The fraction of sp³-hybridized carbons (Fsp3) is 0.786. The first-order valence-corrected chi connectivity index (χ1v) is 8.15. The molecule has 1 fully saturated rings. The number of hydrogen-bond acceptors (Lipinski definition) is 7. The lowest BCUT2D eigenvalue weighted by Crippen LogP contribution is -2.41. The Morgan fingerprint density at radius 1 is 1.20 bits per heavy atom. The molecule has 0 aromatic rings. The number of alkyl carbamates (subject to hydrolysis) is 1. The zero-order chi connectivity index (χ0) is 18.5. The number of rotatable bonds is 11. The van der Waals surface area contributed by atoms with Gasteiger partial charge in [-0.05, 0) is 6.42 Å². The minimum atomic E-state index is -0.641. The van der Waals surface area contributed by atoms with E-state index in [1.165, 1.54) is 4.90 Å². The van der Waals surface area contributed by atoms with Crippen LogP contribution >= 0.6 is 0 Å². The molecule has 1 aliphatic heterocycles. The predicted molar refractivity (Wildman–Crippen MR) is 86.0 cm³/mol. The van der Waals surface area contributed by atoms with Gasteiger partial charge in [-0.25, -0.2) is 14.4 Å². The summed E-state index contributed by atoms with van der Waals surface area (Å²) in [6.45, 7) is 1.68. The quantitative estimate of drug-likeness (QED) is 0.330. The lowest BCUT2D eigenvalue weighted by Gasteiger charge is -2.24. The number of nitrogens with zero attached hydrogens (tertiary/aromatic N) is 2. The molecule has 144 valence electrons. The van der Waals surface area contributed by atoms with E-state index in [4.69, 9.17) is 14.9 Å². The van der Waals surface area contributed by atoms with Crippen LogP contribution in [-0.2, 0) is 9.47 Å². The van der Waals surface area contributed by atoms with Crippen LogP contribution < -0.4 is 10.6 Å². The highest BCUT2D eigenvalue weighted by molar-refractivity contribution is 5.76. The second-order valence-electron chi connectivity index (χ2n) is 5.18. The number of amides is 4. The Bertz CT molecular complexity index is 435. The van der Waals surface area contributed by atoms with Crippen LogP contribution in [0.5, 0.6) is 0 Å². The molecule has 0 saturated carbocycles. The molecule has 25 heavy (non-hydrogen) atoms. The zero-order valence-electron chi connectivity index (χ0n) is 14.1. The fourth-order valence-electron chi connectivity index (χ4n) is 2.13. The number of aliphatic hydroxyl groups excluding tert-OH is 2. The van der Waals surface area contributed by atoms with Crippen molar-refractivity contribution in [3.63, 3.8) is 0 Å². The van der Waals surface area contributed by atoms with Gasteiger partial charge in [0.05, 0.1) is 13.2 Å². The molecule has 0 unspecified atom stereocenters. The molecule has 0 aromatic carbocycles. The second kappa shape index (κ2) is 12.1. The topological polar surface area (TPSA) is 141 Å². The molecule has 0 bridgehead atoms. The van der Waals surface area contributed by atoms with Gasteiger partial charge in [0.1, 0.15) is 13.2 Å².